The van der Waals surface area contributed by atoms with Gasteiger partial charge >= 0.3 is 0 Å². The number of hydrogen-bond donors (Lipinski definition) is 0. The van der Waals surface area contributed by atoms with E-state index in [4.69, 9.17) is 4.74 Å². The van der Waals surface area contributed by atoms with Gasteiger partial charge in [-0.1, -0.05) is 42.0 Å². The topological polar surface area (TPSA) is 21.6 Å². The Kier molecular flexibility index (Phi) is 3.09. The van der Waals surface area contributed by atoms with Gasteiger partial charge in [-0.25, -0.2) is 4.99 Å². The highest BCUT2D eigenvalue weighted by Gasteiger charge is 2.26. The van der Waals surface area contributed by atoms with Crippen molar-refractivity contribution in [1.29, 1.82) is 0 Å². The highest BCUT2D eigenvalue weighted by Crippen LogP contribution is 2.25. The summed E-state index contributed by atoms with van der Waals surface area (Å²) >= 11 is 0. The predicted octanol–water partition coefficient (Wildman–Crippen LogP) is 4.22. The van der Waals surface area contributed by atoms with Gasteiger partial charge in [0, 0.05) is 5.56 Å². The Balaban J connectivity index is 1.96. The van der Waals surface area contributed by atoms with Gasteiger partial charge in [0.15, 0.2) is 0 Å². The number of aryl methyl sites for hydroxylation is 1. The zero-order valence-corrected chi connectivity index (χ0v) is 12.2. The fraction of sp³-hybridized carbons (Fsp3) is 0.278. The molecule has 2 heteroatoms. The van der Waals surface area contributed by atoms with E-state index in [9.17, 15) is 0 Å². The van der Waals surface area contributed by atoms with Crippen LogP contribution in [0.15, 0.2) is 53.5 Å². The van der Waals surface area contributed by atoms with Crippen LogP contribution in [-0.4, -0.2) is 18.0 Å². The monoisotopic (exact) mass is 265 g/mol. The van der Waals surface area contributed by atoms with E-state index in [-0.39, 0.29) is 5.54 Å². The van der Waals surface area contributed by atoms with Gasteiger partial charge in [0.25, 0.3) is 0 Å². The van der Waals surface area contributed by atoms with Crippen molar-refractivity contribution in [2.24, 2.45) is 4.99 Å². The summed E-state index contributed by atoms with van der Waals surface area (Å²) in [5, 5.41) is 0. The highest BCUT2D eigenvalue weighted by atomic mass is 16.5. The number of benzene rings is 2. The van der Waals surface area contributed by atoms with Crippen molar-refractivity contribution in [1.82, 2.24) is 0 Å². The molecular formula is C18H19NO. The van der Waals surface area contributed by atoms with Crippen molar-refractivity contribution >= 4 is 5.90 Å². The number of ether oxygens (including phenoxy) is 1. The summed E-state index contributed by atoms with van der Waals surface area (Å²) in [6.45, 7) is 6.92. The van der Waals surface area contributed by atoms with Crippen LogP contribution in [0.3, 0.4) is 0 Å². The Hall–Kier alpha value is -2.09. The number of nitrogens with zero attached hydrogens (tertiary/aromatic N) is 1. The molecule has 0 saturated carbocycles. The molecule has 0 N–H and O–H groups in total. The van der Waals surface area contributed by atoms with Gasteiger partial charge in [-0.2, -0.15) is 0 Å². The lowest BCUT2D eigenvalue weighted by molar-refractivity contribution is 0.279. The van der Waals surface area contributed by atoms with Gasteiger partial charge in [0.1, 0.15) is 6.61 Å². The van der Waals surface area contributed by atoms with Crippen molar-refractivity contribution in [2.45, 2.75) is 26.3 Å². The molecule has 0 bridgehead atoms. The molecule has 0 atom stereocenters. The SMILES string of the molecule is Cc1ccc(-c2cccc(C3=NC(C)(C)CO3)c2)cc1. The van der Waals surface area contributed by atoms with Gasteiger partial charge in [-0.3, -0.25) is 0 Å². The largest absolute Gasteiger partial charge is 0.475 e. The summed E-state index contributed by atoms with van der Waals surface area (Å²) in [5.41, 5.74) is 4.62. The van der Waals surface area contributed by atoms with E-state index in [2.05, 4.69) is 74.3 Å². The smallest absolute Gasteiger partial charge is 0.216 e. The van der Waals surface area contributed by atoms with Gasteiger partial charge < -0.3 is 4.74 Å². The minimum absolute atomic E-state index is 0.116. The van der Waals surface area contributed by atoms with E-state index < -0.39 is 0 Å². The third kappa shape index (κ3) is 2.60. The first-order valence-electron chi connectivity index (χ1n) is 6.94. The Morgan fingerprint density at radius 2 is 1.65 bits per heavy atom. The van der Waals surface area contributed by atoms with Crippen LogP contribution in [0, 0.1) is 6.92 Å². The molecule has 102 valence electrons. The van der Waals surface area contributed by atoms with Crippen molar-refractivity contribution < 1.29 is 4.74 Å². The first-order valence-corrected chi connectivity index (χ1v) is 6.94. The van der Waals surface area contributed by atoms with E-state index >= 15 is 0 Å². The maximum absolute atomic E-state index is 5.71. The van der Waals surface area contributed by atoms with Crippen molar-refractivity contribution in [2.75, 3.05) is 6.61 Å². The third-order valence-electron chi connectivity index (χ3n) is 3.46. The fourth-order valence-electron chi connectivity index (χ4n) is 2.31. The van der Waals surface area contributed by atoms with E-state index in [0.29, 0.717) is 6.61 Å². The molecule has 3 rings (SSSR count). The lowest BCUT2D eigenvalue weighted by atomic mass is 10.0. The van der Waals surface area contributed by atoms with E-state index in [0.717, 1.165) is 11.5 Å². The van der Waals surface area contributed by atoms with E-state index in [1.54, 1.807) is 0 Å². The molecule has 2 aromatic carbocycles. The van der Waals surface area contributed by atoms with Crippen molar-refractivity contribution in [3.05, 3.63) is 59.7 Å². The van der Waals surface area contributed by atoms with Crippen LogP contribution in [0.4, 0.5) is 0 Å². The Bertz CT molecular complexity index is 653. The van der Waals surface area contributed by atoms with Crippen LogP contribution >= 0.6 is 0 Å². The molecule has 0 aliphatic carbocycles. The summed E-state index contributed by atoms with van der Waals surface area (Å²) < 4.78 is 5.71. The molecule has 2 aromatic rings. The van der Waals surface area contributed by atoms with Crippen LogP contribution in [-0.2, 0) is 4.74 Å². The minimum Gasteiger partial charge on any atom is -0.475 e. The summed E-state index contributed by atoms with van der Waals surface area (Å²) in [4.78, 5) is 4.63. The number of hydrogen-bond acceptors (Lipinski definition) is 2. The number of aliphatic imine (C=N–C) groups is 1. The highest BCUT2D eigenvalue weighted by molar-refractivity contribution is 5.96. The predicted molar refractivity (Wildman–Crippen MR) is 83.2 cm³/mol. The van der Waals surface area contributed by atoms with Gasteiger partial charge in [0.05, 0.1) is 5.54 Å². The average molecular weight is 265 g/mol. The Morgan fingerprint density at radius 1 is 0.950 bits per heavy atom. The molecule has 1 heterocycles. The fourth-order valence-corrected chi connectivity index (χ4v) is 2.31. The molecule has 0 unspecified atom stereocenters. The molecular weight excluding hydrogens is 246 g/mol. The Morgan fingerprint density at radius 3 is 2.30 bits per heavy atom. The molecule has 0 spiro atoms. The minimum atomic E-state index is -0.116. The third-order valence-corrected chi connectivity index (χ3v) is 3.46. The lowest BCUT2D eigenvalue weighted by Crippen LogP contribution is -2.17. The first-order chi connectivity index (χ1) is 9.53. The molecule has 0 amide bonds. The average Bonchev–Trinajstić information content (AvgIpc) is 2.80. The molecule has 1 aliphatic heterocycles. The van der Waals surface area contributed by atoms with Crippen LogP contribution in [0.25, 0.3) is 11.1 Å². The second-order valence-electron chi connectivity index (χ2n) is 5.96. The summed E-state index contributed by atoms with van der Waals surface area (Å²) in [5.74, 6) is 0.754. The van der Waals surface area contributed by atoms with E-state index in [1.807, 2.05) is 0 Å². The van der Waals surface area contributed by atoms with Crippen molar-refractivity contribution in [3.63, 3.8) is 0 Å². The lowest BCUT2D eigenvalue weighted by Gasteiger charge is -2.07. The molecule has 0 saturated heterocycles. The van der Waals surface area contributed by atoms with E-state index in [1.165, 1.54) is 16.7 Å². The van der Waals surface area contributed by atoms with Gasteiger partial charge in [-0.15, -0.1) is 0 Å². The second-order valence-corrected chi connectivity index (χ2v) is 5.96. The quantitative estimate of drug-likeness (QED) is 0.796. The van der Waals surface area contributed by atoms with Gasteiger partial charge in [0.2, 0.25) is 5.90 Å². The molecule has 0 aromatic heterocycles. The molecule has 0 fully saturated rings. The number of rotatable bonds is 2. The van der Waals surface area contributed by atoms with Crippen LogP contribution in [0.2, 0.25) is 0 Å². The van der Waals surface area contributed by atoms with Crippen molar-refractivity contribution in [3.8, 4) is 11.1 Å². The molecule has 1 aliphatic rings. The maximum Gasteiger partial charge on any atom is 0.216 e. The normalized spacial score (nSPS) is 16.6. The Labute approximate surface area is 120 Å². The summed E-state index contributed by atoms with van der Waals surface area (Å²) in [7, 11) is 0. The summed E-state index contributed by atoms with van der Waals surface area (Å²) in [6.07, 6.45) is 0. The van der Waals surface area contributed by atoms with Gasteiger partial charge in [-0.05, 0) is 44.0 Å². The van der Waals surface area contributed by atoms with Crippen LogP contribution in [0.5, 0.6) is 0 Å². The zero-order valence-electron chi connectivity index (χ0n) is 12.2. The standard InChI is InChI=1S/C18H19NO/c1-13-7-9-14(10-8-13)15-5-4-6-16(11-15)17-19-18(2,3)12-20-17/h4-11H,12H2,1-3H3. The van der Waals surface area contributed by atoms with Crippen LogP contribution in [0.1, 0.15) is 25.0 Å². The second kappa shape index (κ2) is 4.78. The van der Waals surface area contributed by atoms with Crippen LogP contribution < -0.4 is 0 Å². The first kappa shape index (κ1) is 12.9. The molecule has 2 nitrogen and oxygen atoms in total. The summed E-state index contributed by atoms with van der Waals surface area (Å²) in [6, 6.07) is 16.9. The zero-order chi connectivity index (χ0) is 14.2. The maximum atomic E-state index is 5.71. The molecule has 0 radical (unpaired) electrons. The molecule has 20 heavy (non-hydrogen) atoms.